The van der Waals surface area contributed by atoms with Crippen molar-refractivity contribution in [3.05, 3.63) is 0 Å². The highest BCUT2D eigenvalue weighted by Crippen LogP contribution is 2.19. The summed E-state index contributed by atoms with van der Waals surface area (Å²) in [7, 11) is 0. The maximum absolute atomic E-state index is 3.68. The first-order valence-corrected chi connectivity index (χ1v) is 5.53. The van der Waals surface area contributed by atoms with E-state index in [1.807, 2.05) is 0 Å². The number of hydrogen-bond acceptors (Lipinski definition) is 1. The fourth-order valence-corrected chi connectivity index (χ4v) is 2.31. The van der Waals surface area contributed by atoms with Crippen LogP contribution < -0.4 is 0 Å². The lowest BCUT2D eigenvalue weighted by Gasteiger charge is -2.34. The molecule has 1 nitrogen and oxygen atoms in total. The second-order valence-electron chi connectivity index (χ2n) is 3.49. The van der Waals surface area contributed by atoms with Gasteiger partial charge in [-0.2, -0.15) is 0 Å². The summed E-state index contributed by atoms with van der Waals surface area (Å²) in [4.78, 5) is 3.33. The molecule has 2 heteroatoms. The molecule has 66 valence electrons. The molecule has 2 unspecified atom stereocenters. The first kappa shape index (κ1) is 9.53. The average Bonchev–Trinajstić information content (AvgIpc) is 2.03. The van der Waals surface area contributed by atoms with Gasteiger partial charge in [0.05, 0.1) is 0 Å². The summed E-state index contributed by atoms with van der Waals surface area (Å²) < 4.78 is 0. The monoisotopic (exact) mass is 219 g/mol. The topological polar surface area (TPSA) is 3.24 Å². The fourth-order valence-electron chi connectivity index (χ4n) is 1.61. The van der Waals surface area contributed by atoms with Crippen LogP contribution in [0.2, 0.25) is 0 Å². The second-order valence-corrected chi connectivity index (χ2v) is 4.79. The number of hydrogen-bond donors (Lipinski definition) is 0. The highest BCUT2D eigenvalue weighted by atomic mass is 79.9. The van der Waals surface area contributed by atoms with Crippen LogP contribution >= 0.6 is 15.9 Å². The van der Waals surface area contributed by atoms with Gasteiger partial charge < -0.3 is 0 Å². The number of piperidine rings is 1. The van der Waals surface area contributed by atoms with Gasteiger partial charge in [0.25, 0.3) is 0 Å². The third kappa shape index (κ3) is 2.75. The molecule has 0 aromatic heterocycles. The zero-order valence-electron chi connectivity index (χ0n) is 7.52. The summed E-state index contributed by atoms with van der Waals surface area (Å²) >= 11 is 3.68. The molecule has 0 radical (unpaired) electrons. The van der Waals surface area contributed by atoms with Crippen LogP contribution in [0.3, 0.4) is 0 Å². The van der Waals surface area contributed by atoms with E-state index >= 15 is 0 Å². The number of alkyl halides is 1. The van der Waals surface area contributed by atoms with Crippen LogP contribution in [0.5, 0.6) is 0 Å². The van der Waals surface area contributed by atoms with Crippen LogP contribution in [-0.2, 0) is 0 Å². The zero-order chi connectivity index (χ0) is 8.27. The van der Waals surface area contributed by atoms with E-state index in [9.17, 15) is 0 Å². The van der Waals surface area contributed by atoms with Crippen LogP contribution in [0.25, 0.3) is 0 Å². The standard InChI is InChI=1S/C9H18BrN/c1-3-8(2)11-6-4-5-9(10)7-11/h8-9H,3-7H2,1-2H3. The van der Waals surface area contributed by atoms with Crippen molar-refractivity contribution >= 4 is 15.9 Å². The van der Waals surface area contributed by atoms with Gasteiger partial charge in [-0.1, -0.05) is 22.9 Å². The molecule has 0 aromatic rings. The summed E-state index contributed by atoms with van der Waals surface area (Å²) in [6.07, 6.45) is 3.99. The predicted octanol–water partition coefficient (Wildman–Crippen LogP) is 2.64. The van der Waals surface area contributed by atoms with Gasteiger partial charge >= 0.3 is 0 Å². The Kier molecular flexibility index (Phi) is 3.86. The molecule has 1 aliphatic heterocycles. The van der Waals surface area contributed by atoms with Crippen LogP contribution in [0.1, 0.15) is 33.1 Å². The molecule has 1 fully saturated rings. The molecule has 0 spiro atoms. The van der Waals surface area contributed by atoms with Crippen LogP contribution in [-0.4, -0.2) is 28.9 Å². The normalized spacial score (nSPS) is 30.3. The van der Waals surface area contributed by atoms with Gasteiger partial charge in [-0.25, -0.2) is 0 Å². The van der Waals surface area contributed by atoms with Crippen LogP contribution in [0.15, 0.2) is 0 Å². The number of likely N-dealkylation sites (tertiary alicyclic amines) is 1. The minimum Gasteiger partial charge on any atom is -0.300 e. The number of rotatable bonds is 2. The highest BCUT2D eigenvalue weighted by Gasteiger charge is 2.20. The zero-order valence-corrected chi connectivity index (χ0v) is 9.10. The van der Waals surface area contributed by atoms with Gasteiger partial charge in [-0.15, -0.1) is 0 Å². The Bertz CT molecular complexity index is 116. The van der Waals surface area contributed by atoms with Gasteiger partial charge in [-0.3, -0.25) is 4.90 Å². The summed E-state index contributed by atoms with van der Waals surface area (Å²) in [5.74, 6) is 0. The third-order valence-electron chi connectivity index (χ3n) is 2.61. The molecular formula is C9H18BrN. The molecule has 0 saturated carbocycles. The van der Waals surface area contributed by atoms with Gasteiger partial charge in [0.1, 0.15) is 0 Å². The SMILES string of the molecule is CCC(C)N1CCCC(Br)C1. The van der Waals surface area contributed by atoms with Crippen molar-refractivity contribution in [2.24, 2.45) is 0 Å². The first-order chi connectivity index (χ1) is 5.24. The average molecular weight is 220 g/mol. The molecule has 0 aromatic carbocycles. The van der Waals surface area contributed by atoms with Crippen molar-refractivity contribution in [3.63, 3.8) is 0 Å². The Balaban J connectivity index is 2.33. The Hall–Kier alpha value is 0.440. The maximum atomic E-state index is 3.68. The molecule has 0 bridgehead atoms. The van der Waals surface area contributed by atoms with Crippen LogP contribution in [0.4, 0.5) is 0 Å². The molecule has 0 N–H and O–H groups in total. The Morgan fingerprint density at radius 3 is 2.91 bits per heavy atom. The molecule has 1 aliphatic rings. The molecular weight excluding hydrogens is 202 g/mol. The van der Waals surface area contributed by atoms with E-state index < -0.39 is 0 Å². The van der Waals surface area contributed by atoms with Crippen molar-refractivity contribution in [1.29, 1.82) is 0 Å². The fraction of sp³-hybridized carbons (Fsp3) is 1.00. The largest absolute Gasteiger partial charge is 0.300 e. The summed E-state index contributed by atoms with van der Waals surface area (Å²) in [5, 5.41) is 0. The van der Waals surface area contributed by atoms with Crippen molar-refractivity contribution in [2.45, 2.75) is 44.0 Å². The van der Waals surface area contributed by atoms with E-state index in [0.29, 0.717) is 0 Å². The van der Waals surface area contributed by atoms with Crippen molar-refractivity contribution in [1.82, 2.24) is 4.90 Å². The Labute approximate surface area is 78.3 Å². The smallest absolute Gasteiger partial charge is 0.0273 e. The second kappa shape index (κ2) is 4.46. The Morgan fingerprint density at radius 1 is 1.64 bits per heavy atom. The minimum absolute atomic E-state index is 0.741. The number of halogens is 1. The minimum atomic E-state index is 0.741. The molecule has 1 saturated heterocycles. The third-order valence-corrected chi connectivity index (χ3v) is 3.36. The lowest BCUT2D eigenvalue weighted by molar-refractivity contribution is 0.175. The van der Waals surface area contributed by atoms with E-state index in [1.165, 1.54) is 32.4 Å². The van der Waals surface area contributed by atoms with E-state index in [4.69, 9.17) is 0 Å². The summed E-state index contributed by atoms with van der Waals surface area (Å²) in [6, 6.07) is 0.773. The lowest BCUT2D eigenvalue weighted by Crippen LogP contribution is -2.41. The van der Waals surface area contributed by atoms with Gasteiger partial charge in [0.15, 0.2) is 0 Å². The maximum Gasteiger partial charge on any atom is 0.0273 e. The van der Waals surface area contributed by atoms with Gasteiger partial charge in [-0.05, 0) is 32.7 Å². The van der Waals surface area contributed by atoms with Gasteiger partial charge in [0, 0.05) is 17.4 Å². The van der Waals surface area contributed by atoms with Crippen LogP contribution in [0, 0.1) is 0 Å². The molecule has 1 heterocycles. The van der Waals surface area contributed by atoms with E-state index in [1.54, 1.807) is 0 Å². The summed E-state index contributed by atoms with van der Waals surface area (Å²) in [6.45, 7) is 7.14. The molecule has 0 amide bonds. The predicted molar refractivity (Wildman–Crippen MR) is 53.3 cm³/mol. The first-order valence-electron chi connectivity index (χ1n) is 4.62. The van der Waals surface area contributed by atoms with Crippen molar-refractivity contribution in [3.8, 4) is 0 Å². The highest BCUT2D eigenvalue weighted by molar-refractivity contribution is 9.09. The van der Waals surface area contributed by atoms with Crippen molar-refractivity contribution < 1.29 is 0 Å². The molecule has 2 atom stereocenters. The Morgan fingerprint density at radius 2 is 2.36 bits per heavy atom. The molecule has 11 heavy (non-hydrogen) atoms. The quantitative estimate of drug-likeness (QED) is 0.646. The van der Waals surface area contributed by atoms with E-state index in [2.05, 4.69) is 34.7 Å². The molecule has 1 rings (SSSR count). The lowest BCUT2D eigenvalue weighted by atomic mass is 10.1. The van der Waals surface area contributed by atoms with Crippen molar-refractivity contribution in [2.75, 3.05) is 13.1 Å². The number of nitrogens with zero attached hydrogens (tertiary/aromatic N) is 1. The summed E-state index contributed by atoms with van der Waals surface area (Å²) in [5.41, 5.74) is 0. The van der Waals surface area contributed by atoms with Gasteiger partial charge in [0.2, 0.25) is 0 Å². The van der Waals surface area contributed by atoms with E-state index in [0.717, 1.165) is 10.9 Å². The molecule has 0 aliphatic carbocycles. The van der Waals surface area contributed by atoms with E-state index in [-0.39, 0.29) is 0 Å².